The summed E-state index contributed by atoms with van der Waals surface area (Å²) in [4.78, 5) is 14.7. The van der Waals surface area contributed by atoms with Crippen LogP contribution in [0.5, 0.6) is 0 Å². The van der Waals surface area contributed by atoms with E-state index < -0.39 is 0 Å². The smallest absolute Gasteiger partial charge is 0.291 e. The van der Waals surface area contributed by atoms with Gasteiger partial charge >= 0.3 is 0 Å². The molecule has 0 aliphatic carbocycles. The maximum absolute atomic E-state index is 12.4. The van der Waals surface area contributed by atoms with Gasteiger partial charge in [0.2, 0.25) is 0 Å². The van der Waals surface area contributed by atoms with Gasteiger partial charge in [-0.2, -0.15) is 0 Å². The molecule has 1 aliphatic rings. The number of nitrogens with zero attached hydrogens (tertiary/aromatic N) is 1. The number of nitrogens with one attached hydrogen (secondary N) is 1. The van der Waals surface area contributed by atoms with E-state index in [0.29, 0.717) is 11.3 Å². The lowest BCUT2D eigenvalue weighted by molar-refractivity contribution is 0.0998. The minimum atomic E-state index is -0.258. The number of ether oxygens (including phenoxy) is 1. The highest BCUT2D eigenvalue weighted by atomic mass is 79.9. The van der Waals surface area contributed by atoms with Crippen LogP contribution in [0.25, 0.3) is 11.0 Å². The number of benzene rings is 2. The Morgan fingerprint density at radius 2 is 1.80 bits per heavy atom. The lowest BCUT2D eigenvalue weighted by atomic mass is 10.2. The van der Waals surface area contributed by atoms with Crippen molar-refractivity contribution in [1.29, 1.82) is 0 Å². The van der Waals surface area contributed by atoms with E-state index >= 15 is 0 Å². The Morgan fingerprint density at radius 3 is 2.56 bits per heavy atom. The lowest BCUT2D eigenvalue weighted by Gasteiger charge is -2.28. The van der Waals surface area contributed by atoms with Crippen molar-refractivity contribution in [2.45, 2.75) is 0 Å². The zero-order valence-corrected chi connectivity index (χ0v) is 15.1. The first-order valence-electron chi connectivity index (χ1n) is 8.12. The molecule has 6 heteroatoms. The molecule has 1 N–H and O–H groups in total. The van der Waals surface area contributed by atoms with Crippen LogP contribution in [-0.4, -0.2) is 32.2 Å². The minimum absolute atomic E-state index is 0.258. The van der Waals surface area contributed by atoms with Crippen molar-refractivity contribution in [2.75, 3.05) is 36.5 Å². The average Bonchev–Trinajstić information content (AvgIpc) is 3.06. The molecular formula is C19H17BrN2O3. The van der Waals surface area contributed by atoms with Crippen LogP contribution in [0.2, 0.25) is 0 Å². The summed E-state index contributed by atoms with van der Waals surface area (Å²) in [5, 5.41) is 3.77. The number of carbonyl (C=O) groups is 1. The standard InChI is InChI=1S/C19H17BrN2O3/c20-14-1-6-17-13(11-14)12-18(25-17)19(23)21-15-2-4-16(5-3-15)22-7-9-24-10-8-22/h1-6,11-12H,7-10H2,(H,21,23). The van der Waals surface area contributed by atoms with Gasteiger partial charge in [-0.1, -0.05) is 15.9 Å². The Hall–Kier alpha value is -2.31. The number of morpholine rings is 1. The van der Waals surface area contributed by atoms with E-state index in [1.54, 1.807) is 6.07 Å². The fourth-order valence-corrected chi connectivity index (χ4v) is 3.27. The molecule has 2 aromatic carbocycles. The molecule has 0 saturated carbocycles. The molecule has 128 valence electrons. The molecule has 1 fully saturated rings. The predicted octanol–water partition coefficient (Wildman–Crippen LogP) is 4.28. The monoisotopic (exact) mass is 400 g/mol. The number of furan rings is 1. The SMILES string of the molecule is O=C(Nc1ccc(N2CCOCC2)cc1)c1cc2cc(Br)ccc2o1. The second-order valence-electron chi connectivity index (χ2n) is 5.89. The fraction of sp³-hybridized carbons (Fsp3) is 0.211. The molecular weight excluding hydrogens is 384 g/mol. The van der Waals surface area contributed by atoms with Gasteiger partial charge in [-0.05, 0) is 48.5 Å². The van der Waals surface area contributed by atoms with E-state index in [9.17, 15) is 4.79 Å². The van der Waals surface area contributed by atoms with E-state index in [1.807, 2.05) is 42.5 Å². The molecule has 0 spiro atoms. The van der Waals surface area contributed by atoms with E-state index in [2.05, 4.69) is 26.1 Å². The highest BCUT2D eigenvalue weighted by Gasteiger charge is 2.14. The van der Waals surface area contributed by atoms with Gasteiger partial charge in [0.1, 0.15) is 5.58 Å². The Morgan fingerprint density at radius 1 is 1.04 bits per heavy atom. The van der Waals surface area contributed by atoms with Crippen molar-refractivity contribution in [1.82, 2.24) is 0 Å². The molecule has 1 saturated heterocycles. The third-order valence-corrected chi connectivity index (χ3v) is 4.70. The zero-order valence-electron chi connectivity index (χ0n) is 13.5. The van der Waals surface area contributed by atoms with Gasteiger partial charge in [0, 0.05) is 34.3 Å². The van der Waals surface area contributed by atoms with Crippen molar-refractivity contribution in [2.24, 2.45) is 0 Å². The highest BCUT2D eigenvalue weighted by molar-refractivity contribution is 9.10. The van der Waals surface area contributed by atoms with Crippen LogP contribution >= 0.6 is 15.9 Å². The van der Waals surface area contributed by atoms with Crippen LogP contribution in [0.15, 0.2) is 57.4 Å². The summed E-state index contributed by atoms with van der Waals surface area (Å²) in [5.41, 5.74) is 2.56. The first-order valence-corrected chi connectivity index (χ1v) is 8.91. The number of fused-ring (bicyclic) bond motifs is 1. The van der Waals surface area contributed by atoms with Crippen LogP contribution in [0.3, 0.4) is 0 Å². The number of hydrogen-bond donors (Lipinski definition) is 1. The van der Waals surface area contributed by atoms with E-state index in [0.717, 1.165) is 47.5 Å². The number of hydrogen-bond acceptors (Lipinski definition) is 4. The molecule has 1 aliphatic heterocycles. The van der Waals surface area contributed by atoms with Crippen molar-refractivity contribution in [3.63, 3.8) is 0 Å². The molecule has 5 nitrogen and oxygen atoms in total. The Labute approximate surface area is 153 Å². The van der Waals surface area contributed by atoms with Gasteiger partial charge in [-0.3, -0.25) is 4.79 Å². The first-order chi connectivity index (χ1) is 12.2. The summed E-state index contributed by atoms with van der Waals surface area (Å²) in [6.45, 7) is 3.28. The third-order valence-electron chi connectivity index (χ3n) is 4.20. The van der Waals surface area contributed by atoms with Gasteiger partial charge in [-0.25, -0.2) is 0 Å². The summed E-state index contributed by atoms with van der Waals surface area (Å²) in [6, 6.07) is 15.2. The van der Waals surface area contributed by atoms with Crippen LogP contribution in [-0.2, 0) is 4.74 Å². The van der Waals surface area contributed by atoms with Gasteiger partial charge in [-0.15, -0.1) is 0 Å². The maximum atomic E-state index is 12.4. The van der Waals surface area contributed by atoms with Gasteiger partial charge in [0.25, 0.3) is 5.91 Å². The summed E-state index contributed by atoms with van der Waals surface area (Å²) < 4.78 is 11.9. The molecule has 4 rings (SSSR count). The number of carbonyl (C=O) groups excluding carboxylic acids is 1. The molecule has 25 heavy (non-hydrogen) atoms. The normalized spacial score (nSPS) is 14.7. The molecule has 3 aromatic rings. The van der Waals surface area contributed by atoms with Crippen molar-refractivity contribution < 1.29 is 13.9 Å². The van der Waals surface area contributed by atoms with Crippen molar-refractivity contribution in [3.8, 4) is 0 Å². The molecule has 0 unspecified atom stereocenters. The number of amides is 1. The second kappa shape index (κ2) is 6.90. The van der Waals surface area contributed by atoms with E-state index in [-0.39, 0.29) is 5.91 Å². The Kier molecular flexibility index (Phi) is 4.46. The van der Waals surface area contributed by atoms with Crippen molar-refractivity contribution >= 4 is 44.2 Å². The molecule has 0 radical (unpaired) electrons. The summed E-state index contributed by atoms with van der Waals surface area (Å²) in [7, 11) is 0. The summed E-state index contributed by atoms with van der Waals surface area (Å²) >= 11 is 3.42. The predicted molar refractivity (Wildman–Crippen MR) is 101 cm³/mol. The zero-order chi connectivity index (χ0) is 17.2. The Bertz CT molecular complexity index is 899. The topological polar surface area (TPSA) is 54.7 Å². The van der Waals surface area contributed by atoms with Crippen LogP contribution in [0.4, 0.5) is 11.4 Å². The minimum Gasteiger partial charge on any atom is -0.451 e. The second-order valence-corrected chi connectivity index (χ2v) is 6.81. The van der Waals surface area contributed by atoms with E-state index in [4.69, 9.17) is 9.15 Å². The number of anilines is 2. The molecule has 1 aromatic heterocycles. The molecule has 0 atom stereocenters. The quantitative estimate of drug-likeness (QED) is 0.712. The molecule has 2 heterocycles. The van der Waals surface area contributed by atoms with Crippen LogP contribution < -0.4 is 10.2 Å². The van der Waals surface area contributed by atoms with Gasteiger partial charge in [0.15, 0.2) is 5.76 Å². The summed E-state index contributed by atoms with van der Waals surface area (Å²) in [6.07, 6.45) is 0. The maximum Gasteiger partial charge on any atom is 0.291 e. The van der Waals surface area contributed by atoms with Crippen LogP contribution in [0, 0.1) is 0 Å². The summed E-state index contributed by atoms with van der Waals surface area (Å²) in [5.74, 6) is 0.0387. The fourth-order valence-electron chi connectivity index (χ4n) is 2.90. The van der Waals surface area contributed by atoms with Crippen LogP contribution in [0.1, 0.15) is 10.6 Å². The first kappa shape index (κ1) is 16.2. The molecule has 0 bridgehead atoms. The highest BCUT2D eigenvalue weighted by Crippen LogP contribution is 2.24. The van der Waals surface area contributed by atoms with Crippen molar-refractivity contribution in [3.05, 3.63) is 58.8 Å². The Balaban J connectivity index is 1.47. The van der Waals surface area contributed by atoms with Gasteiger partial charge in [0.05, 0.1) is 13.2 Å². The largest absolute Gasteiger partial charge is 0.451 e. The third kappa shape index (κ3) is 3.55. The van der Waals surface area contributed by atoms with Gasteiger partial charge < -0.3 is 19.4 Å². The molecule has 1 amide bonds. The lowest BCUT2D eigenvalue weighted by Crippen LogP contribution is -2.36. The average molecular weight is 401 g/mol. The van der Waals surface area contributed by atoms with E-state index in [1.165, 1.54) is 0 Å². The number of rotatable bonds is 3. The number of halogens is 1.